The van der Waals surface area contributed by atoms with Gasteiger partial charge in [0.05, 0.1) is 65.6 Å². The van der Waals surface area contributed by atoms with E-state index in [0.717, 1.165) is 113 Å². The van der Waals surface area contributed by atoms with Crippen molar-refractivity contribution in [3.63, 3.8) is 0 Å². The number of allylic oxidation sites excluding steroid dienone is 1. The van der Waals surface area contributed by atoms with Gasteiger partial charge in [-0.3, -0.25) is 8.80 Å². The number of hydrogen-bond acceptors (Lipinski definition) is 6. The summed E-state index contributed by atoms with van der Waals surface area (Å²) in [6, 6.07) is 104. The van der Waals surface area contributed by atoms with E-state index in [4.69, 9.17) is 19.9 Å². The van der Waals surface area contributed by atoms with Gasteiger partial charge in [0.2, 0.25) is 0 Å². The highest BCUT2D eigenvalue weighted by Crippen LogP contribution is 2.50. The topological polar surface area (TPSA) is 60.4 Å². The number of aromatic nitrogens is 6. The van der Waals surface area contributed by atoms with Gasteiger partial charge in [-0.25, -0.2) is 19.9 Å². The fraction of sp³-hybridized carbons (Fsp3) is 0.0612. The Balaban J connectivity index is 0.648. The quantitative estimate of drug-likeness (QED) is 0.127. The van der Waals surface area contributed by atoms with E-state index < -0.39 is 0 Å². The third-order valence-corrected chi connectivity index (χ3v) is 26.0. The molecule has 0 aliphatic heterocycles. The molecule has 0 amide bonds. The minimum Gasteiger partial charge on any atom is -0.295 e. The van der Waals surface area contributed by atoms with Crippen LogP contribution in [0.5, 0.6) is 0 Å². The summed E-state index contributed by atoms with van der Waals surface area (Å²) in [5.74, 6) is 0.624. The predicted octanol–water partition coefficient (Wildman–Crippen LogP) is 27.1. The fourth-order valence-electron chi connectivity index (χ4n) is 18.6. The molecule has 0 radical (unpaired) electrons. The molecular weight excluding hydrogens is 1330 g/mol. The zero-order chi connectivity index (χ0) is 69.3. The number of imidazole rings is 2. The van der Waals surface area contributed by atoms with Crippen molar-refractivity contribution >= 4 is 178 Å². The highest BCUT2D eigenvalue weighted by molar-refractivity contribution is 7.27. The molecule has 2 aliphatic rings. The van der Waals surface area contributed by atoms with Crippen molar-refractivity contribution in [1.29, 1.82) is 0 Å². The van der Waals surface area contributed by atoms with Crippen LogP contribution in [-0.2, 0) is 6.42 Å². The molecule has 0 saturated heterocycles. The van der Waals surface area contributed by atoms with E-state index in [0.29, 0.717) is 5.92 Å². The average molecular weight is 1390 g/mol. The van der Waals surface area contributed by atoms with E-state index >= 15 is 0 Å². The normalized spacial score (nSPS) is 14.6. The van der Waals surface area contributed by atoms with Crippen LogP contribution < -0.4 is 0 Å². The maximum absolute atomic E-state index is 5.85. The molecule has 2 unspecified atom stereocenters. The fourth-order valence-corrected chi connectivity index (χ4v) is 20.9. The Morgan fingerprint density at radius 1 is 0.340 bits per heavy atom. The first kappa shape index (κ1) is 58.7. The van der Waals surface area contributed by atoms with Crippen LogP contribution in [0.4, 0.5) is 0 Å². The number of hydrogen-bond donors (Lipinski definition) is 0. The summed E-state index contributed by atoms with van der Waals surface area (Å²) in [5.41, 5.74) is 24.8. The molecule has 8 heteroatoms. The third-order valence-electron chi connectivity index (χ3n) is 23.6. The number of thiophene rings is 2. The number of fused-ring (bicyclic) bond motifs is 30. The van der Waals surface area contributed by atoms with Gasteiger partial charge in [0.1, 0.15) is 0 Å². The van der Waals surface area contributed by atoms with Crippen LogP contribution >= 0.6 is 22.7 Å². The first-order valence-electron chi connectivity index (χ1n) is 36.8. The van der Waals surface area contributed by atoms with E-state index in [-0.39, 0.29) is 5.92 Å². The lowest BCUT2D eigenvalue weighted by Crippen LogP contribution is -2.11. The maximum Gasteiger partial charge on any atom is 0.156 e. The van der Waals surface area contributed by atoms with Crippen LogP contribution in [0.25, 0.3) is 223 Å². The summed E-state index contributed by atoms with van der Waals surface area (Å²) in [6.45, 7) is 4.76. The Kier molecular flexibility index (Phi) is 12.1. The van der Waals surface area contributed by atoms with Crippen LogP contribution in [0.2, 0.25) is 0 Å². The Labute approximate surface area is 615 Å². The molecule has 2 aliphatic carbocycles. The average Bonchev–Trinajstić information content (AvgIpc) is 1.53. The molecule has 0 saturated carbocycles. The van der Waals surface area contributed by atoms with Gasteiger partial charge < -0.3 is 0 Å². The highest BCUT2D eigenvalue weighted by Gasteiger charge is 2.32. The second-order valence-corrected chi connectivity index (χ2v) is 31.7. The van der Waals surface area contributed by atoms with Crippen molar-refractivity contribution in [1.82, 2.24) is 28.7 Å². The Hall–Kier alpha value is -12.7. The first-order valence-corrected chi connectivity index (χ1v) is 38.5. The van der Waals surface area contributed by atoms with Crippen LogP contribution in [0, 0.1) is 0 Å². The summed E-state index contributed by atoms with van der Waals surface area (Å²) in [4.78, 5) is 22.6. The van der Waals surface area contributed by atoms with Crippen molar-refractivity contribution in [3.8, 4) is 67.4 Å². The largest absolute Gasteiger partial charge is 0.295 e. The lowest BCUT2D eigenvalue weighted by Gasteiger charge is -2.24. The summed E-state index contributed by atoms with van der Waals surface area (Å²) in [6.07, 6.45) is 6.56. The van der Waals surface area contributed by atoms with E-state index in [9.17, 15) is 0 Å². The molecule has 24 rings (SSSR count). The number of pyridine rings is 4. The molecule has 0 bridgehead atoms. The number of rotatable bonds is 5. The van der Waals surface area contributed by atoms with Crippen molar-refractivity contribution in [2.45, 2.75) is 38.5 Å². The molecule has 106 heavy (non-hydrogen) atoms. The van der Waals surface area contributed by atoms with E-state index in [2.05, 4.69) is 314 Å². The summed E-state index contributed by atoms with van der Waals surface area (Å²) in [5, 5.41) is 21.7. The molecule has 0 N–H and O–H groups in total. The molecule has 6 nitrogen and oxygen atoms in total. The highest BCUT2D eigenvalue weighted by atomic mass is 32.1. The molecule has 8 heterocycles. The standard InChI is InChI=1S/C98H60N6S2/c1-53-14-13-18-58-37-40-76-72(88(53)58)41-42-83-92(76)101-97-96-81(52-84(103(83)97)56-26-32-60(33-27-56)90-73-23-9-7-20-69(73)75-39-36-55-15-5-6-19-68(55)91(75)100-90)79-48-65(38-43-87(79)106-96)63-34-35-64-46-67-44-54(2)94-93(77(67)49-66(64)45-63)102-98-95-80(71-22-11-12-25-86(71)105-95)51-85(104(94)98)57-28-30-59(31-29-57)89-74-24-10-8-21-70(74)78-47-61-16-3-4-17-62(61)50-82(78)99-89/h3-13,15-43,45-54H,14,44H2,1-2H3. The molecule has 494 valence electrons. The van der Waals surface area contributed by atoms with Crippen LogP contribution in [0.15, 0.2) is 285 Å². The number of nitrogens with zero attached hydrogens (tertiary/aromatic N) is 6. The van der Waals surface area contributed by atoms with Gasteiger partial charge >= 0.3 is 0 Å². The molecule has 0 fully saturated rings. The van der Waals surface area contributed by atoms with Gasteiger partial charge in [-0.05, 0) is 161 Å². The predicted molar refractivity (Wildman–Crippen MR) is 450 cm³/mol. The van der Waals surface area contributed by atoms with Gasteiger partial charge in [0.25, 0.3) is 0 Å². The molecular formula is C98H60N6S2. The lowest BCUT2D eigenvalue weighted by atomic mass is 9.83. The van der Waals surface area contributed by atoms with Crippen molar-refractivity contribution in [2.24, 2.45) is 0 Å². The molecule has 0 spiro atoms. The monoisotopic (exact) mass is 1380 g/mol. The second-order valence-electron chi connectivity index (χ2n) is 29.6. The van der Waals surface area contributed by atoms with Gasteiger partial charge in [-0.2, -0.15) is 0 Å². The Morgan fingerprint density at radius 2 is 0.906 bits per heavy atom. The van der Waals surface area contributed by atoms with E-state index in [1.807, 2.05) is 22.7 Å². The SMILES string of the molecule is CC1CC=Cc2ccc3c(ccc4c3nc3c5sc6ccc(-c7ccc8cc9c(cc8c7)-c7nc8c%10sc%11ccccc%11c%10cc(-c%10ccc(-c%11nc%12cc%13ccccc%13cc%12c%12ccccc%11%12)cc%10)n8c7C(C)C9)cc6c5cc(-c5ccc(-c6nc7c8ccccc8ccc7c7ccccc67)cc5)n43)c21. The second kappa shape index (κ2) is 21.9. The van der Waals surface area contributed by atoms with Gasteiger partial charge in [-0.15, -0.1) is 22.7 Å². The van der Waals surface area contributed by atoms with E-state index in [1.54, 1.807) is 0 Å². The third kappa shape index (κ3) is 8.42. The zero-order valence-electron chi connectivity index (χ0n) is 57.8. The Morgan fingerprint density at radius 3 is 1.68 bits per heavy atom. The first-order chi connectivity index (χ1) is 52.3. The molecule has 22 aromatic rings. The molecule has 14 aromatic carbocycles. The summed E-state index contributed by atoms with van der Waals surface area (Å²) >= 11 is 3.70. The molecule has 2 atom stereocenters. The van der Waals surface area contributed by atoms with Crippen LogP contribution in [0.1, 0.15) is 54.5 Å². The van der Waals surface area contributed by atoms with Crippen LogP contribution in [-0.4, -0.2) is 28.7 Å². The van der Waals surface area contributed by atoms with Gasteiger partial charge in [-0.1, -0.05) is 244 Å². The van der Waals surface area contributed by atoms with Gasteiger partial charge in [0.15, 0.2) is 11.3 Å². The smallest absolute Gasteiger partial charge is 0.156 e. The minimum atomic E-state index is 0.206. The van der Waals surface area contributed by atoms with Crippen LogP contribution in [0.3, 0.4) is 0 Å². The summed E-state index contributed by atoms with van der Waals surface area (Å²) < 4.78 is 9.86. The summed E-state index contributed by atoms with van der Waals surface area (Å²) in [7, 11) is 0. The van der Waals surface area contributed by atoms with E-state index in [1.165, 1.54) is 139 Å². The number of benzene rings is 14. The minimum absolute atomic E-state index is 0.206. The van der Waals surface area contributed by atoms with Crippen molar-refractivity contribution in [3.05, 3.63) is 308 Å². The Bertz CT molecular complexity index is 7740. The van der Waals surface area contributed by atoms with Crippen molar-refractivity contribution in [2.75, 3.05) is 0 Å². The molecule has 8 aromatic heterocycles. The van der Waals surface area contributed by atoms with Gasteiger partial charge in [0, 0.05) is 85.9 Å². The van der Waals surface area contributed by atoms with Crippen molar-refractivity contribution < 1.29 is 0 Å². The maximum atomic E-state index is 5.85. The lowest BCUT2D eigenvalue weighted by molar-refractivity contribution is 0.715. The zero-order valence-corrected chi connectivity index (χ0v) is 59.4.